The summed E-state index contributed by atoms with van der Waals surface area (Å²) in [7, 11) is 0. The van der Waals surface area contributed by atoms with Gasteiger partial charge in [-0.25, -0.2) is 0 Å². The minimum atomic E-state index is -0.162. The maximum absolute atomic E-state index is 12.3. The molecule has 0 amide bonds. The lowest BCUT2D eigenvalue weighted by Gasteiger charge is -2.22. The predicted molar refractivity (Wildman–Crippen MR) is 56.3 cm³/mol. The molecule has 0 aliphatic heterocycles. The highest BCUT2D eigenvalue weighted by atomic mass is 16.1. The quantitative estimate of drug-likeness (QED) is 0.609. The zero-order chi connectivity index (χ0) is 10.8. The summed E-state index contributed by atoms with van der Waals surface area (Å²) >= 11 is 0. The zero-order valence-electron chi connectivity index (χ0n) is 9.51. The Morgan fingerprint density at radius 1 is 1.20 bits per heavy atom. The second-order valence-electron chi connectivity index (χ2n) is 6.42. The van der Waals surface area contributed by atoms with Crippen LogP contribution in [-0.2, 0) is 9.59 Å². The van der Waals surface area contributed by atoms with Crippen LogP contribution in [0.5, 0.6) is 0 Å². The zero-order valence-corrected chi connectivity index (χ0v) is 9.51. The summed E-state index contributed by atoms with van der Waals surface area (Å²) in [4.78, 5) is 24.3. The number of ketones is 2. The molecule has 1 spiro atoms. The first kappa shape index (κ1) is 9.56. The molecule has 3 fully saturated rings. The minimum Gasteiger partial charge on any atom is -0.299 e. The molecule has 2 nitrogen and oxygen atoms in total. The Hall–Kier alpha value is -0.660. The monoisotopic (exact) mass is 206 g/mol. The number of Topliss-reactive ketones (excluding diaryl/α,β-unsaturated/α-hetero) is 2. The second kappa shape index (κ2) is 2.53. The molecule has 3 saturated carbocycles. The molecule has 0 saturated heterocycles. The SMILES string of the molecule is CC1(C)CC(=O)C2C3CCCC32C(=O)C1. The highest BCUT2D eigenvalue weighted by molar-refractivity contribution is 6.01. The fourth-order valence-corrected chi connectivity index (χ4v) is 4.17. The van der Waals surface area contributed by atoms with Gasteiger partial charge in [0.05, 0.1) is 0 Å². The molecular formula is C13H18O2. The molecule has 0 aromatic heterocycles. The van der Waals surface area contributed by atoms with Crippen molar-refractivity contribution in [1.29, 1.82) is 0 Å². The summed E-state index contributed by atoms with van der Waals surface area (Å²) in [5.74, 6) is 1.33. The van der Waals surface area contributed by atoms with E-state index in [0.29, 0.717) is 30.3 Å². The Morgan fingerprint density at radius 2 is 1.93 bits per heavy atom. The Bertz CT molecular complexity index is 356. The van der Waals surface area contributed by atoms with Crippen molar-refractivity contribution in [3.8, 4) is 0 Å². The lowest BCUT2D eigenvalue weighted by atomic mass is 9.81. The average Bonchev–Trinajstić information content (AvgIpc) is 2.58. The van der Waals surface area contributed by atoms with E-state index in [2.05, 4.69) is 0 Å². The molecule has 3 rings (SSSR count). The standard InChI is InChI=1S/C13H18O2/c1-12(2)6-9(14)11-8-4-3-5-13(8,11)10(15)7-12/h8,11H,3-7H2,1-2H3. The predicted octanol–water partition coefficient (Wildman–Crippen LogP) is 2.36. The van der Waals surface area contributed by atoms with Crippen molar-refractivity contribution in [1.82, 2.24) is 0 Å². The Morgan fingerprint density at radius 3 is 2.67 bits per heavy atom. The van der Waals surface area contributed by atoms with E-state index >= 15 is 0 Å². The Labute approximate surface area is 90.4 Å². The number of hydrogen-bond donors (Lipinski definition) is 0. The van der Waals surface area contributed by atoms with Crippen LogP contribution in [0.1, 0.15) is 46.0 Å². The normalized spacial score (nSPS) is 47.1. The van der Waals surface area contributed by atoms with Gasteiger partial charge >= 0.3 is 0 Å². The maximum Gasteiger partial charge on any atom is 0.140 e. The van der Waals surface area contributed by atoms with Gasteiger partial charge in [-0.15, -0.1) is 0 Å². The lowest BCUT2D eigenvalue weighted by molar-refractivity contribution is -0.127. The van der Waals surface area contributed by atoms with E-state index in [9.17, 15) is 9.59 Å². The number of hydrogen-bond acceptors (Lipinski definition) is 2. The largest absolute Gasteiger partial charge is 0.299 e. The number of fused-ring (bicyclic) bond motifs is 1. The summed E-state index contributed by atoms with van der Waals surface area (Å²) in [5, 5.41) is 0. The smallest absolute Gasteiger partial charge is 0.140 e. The Balaban J connectivity index is 1.98. The van der Waals surface area contributed by atoms with Gasteiger partial charge in [-0.05, 0) is 24.2 Å². The van der Waals surface area contributed by atoms with E-state index in [4.69, 9.17) is 0 Å². The molecule has 0 bridgehead atoms. The number of carbonyl (C=O) groups is 2. The van der Waals surface area contributed by atoms with Crippen molar-refractivity contribution in [2.24, 2.45) is 22.7 Å². The molecular weight excluding hydrogens is 188 g/mol. The number of rotatable bonds is 0. The third-order valence-electron chi connectivity index (χ3n) is 4.77. The van der Waals surface area contributed by atoms with Gasteiger partial charge in [0.1, 0.15) is 11.6 Å². The van der Waals surface area contributed by atoms with Crippen LogP contribution in [0.4, 0.5) is 0 Å². The number of carbonyl (C=O) groups excluding carboxylic acids is 2. The fraction of sp³-hybridized carbons (Fsp3) is 0.846. The molecule has 82 valence electrons. The molecule has 0 radical (unpaired) electrons. The van der Waals surface area contributed by atoms with E-state index < -0.39 is 0 Å². The summed E-state index contributed by atoms with van der Waals surface area (Å²) in [6.07, 6.45) is 4.49. The van der Waals surface area contributed by atoms with Gasteiger partial charge in [-0.2, -0.15) is 0 Å². The van der Waals surface area contributed by atoms with Crippen molar-refractivity contribution < 1.29 is 9.59 Å². The van der Waals surface area contributed by atoms with Crippen molar-refractivity contribution in [3.63, 3.8) is 0 Å². The van der Waals surface area contributed by atoms with Crippen molar-refractivity contribution in [2.75, 3.05) is 0 Å². The van der Waals surface area contributed by atoms with Crippen LogP contribution in [0.25, 0.3) is 0 Å². The molecule has 15 heavy (non-hydrogen) atoms. The molecule has 3 unspecified atom stereocenters. The maximum atomic E-state index is 12.3. The molecule has 0 N–H and O–H groups in total. The van der Waals surface area contributed by atoms with Crippen LogP contribution in [0.3, 0.4) is 0 Å². The summed E-state index contributed by atoms with van der Waals surface area (Å²) in [5.41, 5.74) is -0.256. The summed E-state index contributed by atoms with van der Waals surface area (Å²) in [6, 6.07) is 0. The first-order valence-electron chi connectivity index (χ1n) is 6.03. The molecule has 3 atom stereocenters. The van der Waals surface area contributed by atoms with Crippen molar-refractivity contribution >= 4 is 11.6 Å². The first-order chi connectivity index (χ1) is 6.97. The highest BCUT2D eigenvalue weighted by Gasteiger charge is 2.74. The average molecular weight is 206 g/mol. The van der Waals surface area contributed by atoms with Crippen LogP contribution < -0.4 is 0 Å². The summed E-state index contributed by atoms with van der Waals surface area (Å²) in [6.45, 7) is 4.10. The van der Waals surface area contributed by atoms with Gasteiger partial charge in [0.25, 0.3) is 0 Å². The third-order valence-corrected chi connectivity index (χ3v) is 4.77. The van der Waals surface area contributed by atoms with Gasteiger partial charge < -0.3 is 0 Å². The Kier molecular flexibility index (Phi) is 1.61. The van der Waals surface area contributed by atoms with Crippen LogP contribution in [0.2, 0.25) is 0 Å². The lowest BCUT2D eigenvalue weighted by Crippen LogP contribution is -2.22. The van der Waals surface area contributed by atoms with Gasteiger partial charge in [0.2, 0.25) is 0 Å². The second-order valence-corrected chi connectivity index (χ2v) is 6.42. The van der Waals surface area contributed by atoms with Gasteiger partial charge in [-0.1, -0.05) is 20.3 Å². The van der Waals surface area contributed by atoms with Gasteiger partial charge in [-0.3, -0.25) is 9.59 Å². The van der Waals surface area contributed by atoms with Crippen molar-refractivity contribution in [3.05, 3.63) is 0 Å². The van der Waals surface area contributed by atoms with E-state index in [1.165, 1.54) is 0 Å². The van der Waals surface area contributed by atoms with E-state index in [-0.39, 0.29) is 16.7 Å². The van der Waals surface area contributed by atoms with Crippen LogP contribution in [0.15, 0.2) is 0 Å². The van der Waals surface area contributed by atoms with E-state index in [1.807, 2.05) is 13.8 Å². The van der Waals surface area contributed by atoms with Crippen LogP contribution in [-0.4, -0.2) is 11.6 Å². The van der Waals surface area contributed by atoms with Gasteiger partial charge in [0.15, 0.2) is 0 Å². The fourth-order valence-electron chi connectivity index (χ4n) is 4.17. The van der Waals surface area contributed by atoms with Gasteiger partial charge in [0, 0.05) is 24.2 Å². The van der Waals surface area contributed by atoms with Crippen LogP contribution in [0, 0.1) is 22.7 Å². The van der Waals surface area contributed by atoms with E-state index in [0.717, 1.165) is 19.3 Å². The molecule has 0 aromatic rings. The van der Waals surface area contributed by atoms with E-state index in [1.54, 1.807) is 0 Å². The summed E-state index contributed by atoms with van der Waals surface area (Å²) < 4.78 is 0. The highest BCUT2D eigenvalue weighted by Crippen LogP contribution is 2.71. The molecule has 0 heterocycles. The molecule has 3 aliphatic carbocycles. The molecule has 3 aliphatic rings. The minimum absolute atomic E-state index is 0.0938. The molecule has 0 aromatic carbocycles. The van der Waals surface area contributed by atoms with Crippen molar-refractivity contribution in [2.45, 2.75) is 46.0 Å². The van der Waals surface area contributed by atoms with Crippen LogP contribution >= 0.6 is 0 Å². The third kappa shape index (κ3) is 1.05. The molecule has 2 heteroatoms. The first-order valence-corrected chi connectivity index (χ1v) is 6.03. The topological polar surface area (TPSA) is 34.1 Å².